The van der Waals surface area contributed by atoms with E-state index < -0.39 is 0 Å². The molecule has 5 nitrogen and oxygen atoms in total. The minimum atomic E-state index is 0.252. The number of rotatable bonds is 6. The van der Waals surface area contributed by atoms with Gasteiger partial charge < -0.3 is 4.90 Å². The standard InChI is InChI=1S/C16H26N4O/c1-3-20(4-2)16(21)14-19-11-9-18(10-12-19)13-15-5-7-17-8-6-15/h5-8H,3-4,9-14H2,1-2H3. The molecule has 2 rings (SSSR count). The van der Waals surface area contributed by atoms with Crippen LogP contribution < -0.4 is 0 Å². The fraction of sp³-hybridized carbons (Fsp3) is 0.625. The van der Waals surface area contributed by atoms with Crippen molar-refractivity contribution in [2.75, 3.05) is 45.8 Å². The maximum Gasteiger partial charge on any atom is 0.236 e. The van der Waals surface area contributed by atoms with Gasteiger partial charge in [0.05, 0.1) is 6.54 Å². The van der Waals surface area contributed by atoms with Crippen LogP contribution in [0.25, 0.3) is 0 Å². The van der Waals surface area contributed by atoms with E-state index in [-0.39, 0.29) is 5.91 Å². The summed E-state index contributed by atoms with van der Waals surface area (Å²) in [7, 11) is 0. The number of amides is 1. The largest absolute Gasteiger partial charge is 0.342 e. The topological polar surface area (TPSA) is 39.7 Å². The molecule has 0 aliphatic carbocycles. The molecule has 0 radical (unpaired) electrons. The minimum absolute atomic E-state index is 0.252. The average Bonchev–Trinajstić information content (AvgIpc) is 2.51. The highest BCUT2D eigenvalue weighted by molar-refractivity contribution is 5.78. The number of carbonyl (C=O) groups is 1. The van der Waals surface area contributed by atoms with Gasteiger partial charge >= 0.3 is 0 Å². The van der Waals surface area contributed by atoms with Crippen molar-refractivity contribution >= 4 is 5.91 Å². The maximum absolute atomic E-state index is 12.1. The van der Waals surface area contributed by atoms with Crippen molar-refractivity contribution in [1.82, 2.24) is 19.7 Å². The van der Waals surface area contributed by atoms with Gasteiger partial charge in [-0.2, -0.15) is 0 Å². The highest BCUT2D eigenvalue weighted by atomic mass is 16.2. The summed E-state index contributed by atoms with van der Waals surface area (Å²) in [6.07, 6.45) is 3.68. The molecule has 1 aliphatic heterocycles. The van der Waals surface area contributed by atoms with Crippen LogP contribution in [0.5, 0.6) is 0 Å². The smallest absolute Gasteiger partial charge is 0.236 e. The van der Waals surface area contributed by atoms with Crippen LogP contribution in [-0.2, 0) is 11.3 Å². The molecule has 21 heavy (non-hydrogen) atoms. The number of likely N-dealkylation sites (N-methyl/N-ethyl adjacent to an activating group) is 1. The van der Waals surface area contributed by atoms with Crippen molar-refractivity contribution in [2.24, 2.45) is 0 Å². The molecule has 0 bridgehead atoms. The number of hydrogen-bond acceptors (Lipinski definition) is 4. The number of pyridine rings is 1. The highest BCUT2D eigenvalue weighted by Crippen LogP contribution is 2.08. The Balaban J connectivity index is 1.74. The lowest BCUT2D eigenvalue weighted by Crippen LogP contribution is -2.49. The zero-order valence-corrected chi connectivity index (χ0v) is 13.2. The Morgan fingerprint density at radius 3 is 2.24 bits per heavy atom. The van der Waals surface area contributed by atoms with Gasteiger partial charge in [0, 0.05) is 58.2 Å². The molecular formula is C16H26N4O. The van der Waals surface area contributed by atoms with Crippen molar-refractivity contribution in [2.45, 2.75) is 20.4 Å². The van der Waals surface area contributed by atoms with Crippen molar-refractivity contribution in [3.8, 4) is 0 Å². The van der Waals surface area contributed by atoms with E-state index in [1.165, 1.54) is 5.56 Å². The summed E-state index contributed by atoms with van der Waals surface area (Å²) in [5.74, 6) is 0.252. The van der Waals surface area contributed by atoms with E-state index in [1.807, 2.05) is 31.1 Å². The SMILES string of the molecule is CCN(CC)C(=O)CN1CCN(Cc2ccncc2)CC1. The fourth-order valence-corrected chi connectivity index (χ4v) is 2.72. The Labute approximate surface area is 127 Å². The predicted octanol–water partition coefficient (Wildman–Crippen LogP) is 1.07. The van der Waals surface area contributed by atoms with E-state index in [0.717, 1.165) is 45.8 Å². The molecule has 1 saturated heterocycles. The molecule has 116 valence electrons. The maximum atomic E-state index is 12.1. The first-order valence-electron chi connectivity index (χ1n) is 7.84. The Bertz CT molecular complexity index is 425. The lowest BCUT2D eigenvalue weighted by Gasteiger charge is -2.35. The molecule has 0 spiro atoms. The van der Waals surface area contributed by atoms with Crippen molar-refractivity contribution in [1.29, 1.82) is 0 Å². The summed E-state index contributed by atoms with van der Waals surface area (Å²) in [4.78, 5) is 22.8. The zero-order chi connectivity index (χ0) is 15.1. The number of aromatic nitrogens is 1. The third-order valence-electron chi connectivity index (χ3n) is 4.10. The molecular weight excluding hydrogens is 264 g/mol. The Morgan fingerprint density at radius 2 is 1.67 bits per heavy atom. The van der Waals surface area contributed by atoms with Crippen LogP contribution in [0.15, 0.2) is 24.5 Å². The first kappa shape index (κ1) is 15.9. The first-order valence-corrected chi connectivity index (χ1v) is 7.84. The van der Waals surface area contributed by atoms with Crippen LogP contribution in [0.4, 0.5) is 0 Å². The molecule has 0 N–H and O–H groups in total. The van der Waals surface area contributed by atoms with Gasteiger partial charge in [-0.1, -0.05) is 0 Å². The van der Waals surface area contributed by atoms with Crippen LogP contribution >= 0.6 is 0 Å². The summed E-state index contributed by atoms with van der Waals surface area (Å²) >= 11 is 0. The molecule has 0 unspecified atom stereocenters. The van der Waals surface area contributed by atoms with E-state index in [4.69, 9.17) is 0 Å². The van der Waals surface area contributed by atoms with Crippen LogP contribution in [0.3, 0.4) is 0 Å². The number of carbonyl (C=O) groups excluding carboxylic acids is 1. The molecule has 1 aliphatic rings. The molecule has 0 saturated carbocycles. The Morgan fingerprint density at radius 1 is 1.10 bits per heavy atom. The van der Waals surface area contributed by atoms with Gasteiger partial charge in [0.15, 0.2) is 0 Å². The second-order valence-electron chi connectivity index (χ2n) is 5.47. The van der Waals surface area contributed by atoms with Gasteiger partial charge in [0.1, 0.15) is 0 Å². The summed E-state index contributed by atoms with van der Waals surface area (Å²) in [6.45, 7) is 11.2. The average molecular weight is 290 g/mol. The molecule has 1 aromatic rings. The molecule has 5 heteroatoms. The number of nitrogens with zero attached hydrogens (tertiary/aromatic N) is 4. The second-order valence-corrected chi connectivity index (χ2v) is 5.47. The molecule has 1 fully saturated rings. The third-order valence-corrected chi connectivity index (χ3v) is 4.10. The second kappa shape index (κ2) is 8.10. The van der Waals surface area contributed by atoms with Gasteiger partial charge in [-0.05, 0) is 31.5 Å². The molecule has 2 heterocycles. The molecule has 1 amide bonds. The quantitative estimate of drug-likeness (QED) is 0.786. The van der Waals surface area contributed by atoms with E-state index in [0.29, 0.717) is 6.54 Å². The minimum Gasteiger partial charge on any atom is -0.342 e. The fourth-order valence-electron chi connectivity index (χ4n) is 2.72. The van der Waals surface area contributed by atoms with Crippen LogP contribution in [-0.4, -0.2) is 71.4 Å². The normalized spacial score (nSPS) is 16.9. The third kappa shape index (κ3) is 4.79. The van der Waals surface area contributed by atoms with E-state index in [2.05, 4.69) is 26.9 Å². The zero-order valence-electron chi connectivity index (χ0n) is 13.2. The summed E-state index contributed by atoms with van der Waals surface area (Å²) in [6, 6.07) is 4.13. The number of hydrogen-bond donors (Lipinski definition) is 0. The van der Waals surface area contributed by atoms with Crippen molar-refractivity contribution in [3.63, 3.8) is 0 Å². The van der Waals surface area contributed by atoms with E-state index in [9.17, 15) is 4.79 Å². The lowest BCUT2D eigenvalue weighted by molar-refractivity contribution is -0.132. The van der Waals surface area contributed by atoms with Gasteiger partial charge in [-0.25, -0.2) is 0 Å². The Kier molecular flexibility index (Phi) is 6.14. The van der Waals surface area contributed by atoms with Crippen LogP contribution in [0, 0.1) is 0 Å². The summed E-state index contributed by atoms with van der Waals surface area (Å²) in [5, 5.41) is 0. The van der Waals surface area contributed by atoms with Crippen molar-refractivity contribution in [3.05, 3.63) is 30.1 Å². The predicted molar refractivity (Wildman–Crippen MR) is 83.9 cm³/mol. The van der Waals surface area contributed by atoms with Crippen molar-refractivity contribution < 1.29 is 4.79 Å². The monoisotopic (exact) mass is 290 g/mol. The first-order chi connectivity index (χ1) is 10.2. The van der Waals surface area contributed by atoms with E-state index in [1.54, 1.807) is 0 Å². The summed E-state index contributed by atoms with van der Waals surface area (Å²) in [5.41, 5.74) is 1.30. The lowest BCUT2D eigenvalue weighted by atomic mass is 10.2. The van der Waals surface area contributed by atoms with E-state index >= 15 is 0 Å². The van der Waals surface area contributed by atoms with Crippen LogP contribution in [0.2, 0.25) is 0 Å². The van der Waals surface area contributed by atoms with Gasteiger partial charge in [0.25, 0.3) is 0 Å². The number of piperazine rings is 1. The van der Waals surface area contributed by atoms with Gasteiger partial charge in [0.2, 0.25) is 5.91 Å². The summed E-state index contributed by atoms with van der Waals surface area (Å²) < 4.78 is 0. The van der Waals surface area contributed by atoms with Crippen LogP contribution in [0.1, 0.15) is 19.4 Å². The van der Waals surface area contributed by atoms with Gasteiger partial charge in [-0.15, -0.1) is 0 Å². The molecule has 0 atom stereocenters. The highest BCUT2D eigenvalue weighted by Gasteiger charge is 2.20. The van der Waals surface area contributed by atoms with Gasteiger partial charge in [-0.3, -0.25) is 19.6 Å². The molecule has 0 aromatic carbocycles. The Hall–Kier alpha value is -1.46. The molecule has 1 aromatic heterocycles.